The van der Waals surface area contributed by atoms with Crippen molar-refractivity contribution in [2.45, 2.75) is 6.92 Å². The minimum absolute atomic E-state index is 0.0491. The normalized spacial score (nSPS) is 11.0. The predicted octanol–water partition coefficient (Wildman–Crippen LogP) is 4.82. The molecule has 27 heavy (non-hydrogen) atoms. The van der Waals surface area contributed by atoms with E-state index in [9.17, 15) is 10.1 Å². The molecule has 0 bridgehead atoms. The van der Waals surface area contributed by atoms with E-state index < -0.39 is 5.91 Å². The molecule has 0 aliphatic carbocycles. The maximum atomic E-state index is 12.4. The Morgan fingerprint density at radius 2 is 1.81 bits per heavy atom. The van der Waals surface area contributed by atoms with E-state index in [2.05, 4.69) is 10.2 Å². The molecule has 2 aromatic carbocycles. The molecule has 0 unspecified atom stereocenters. The lowest BCUT2D eigenvalue weighted by atomic mass is 10.0. The lowest BCUT2D eigenvalue weighted by molar-refractivity contribution is -0.112. The number of benzene rings is 2. The molecule has 0 atom stereocenters. The molecule has 0 aliphatic rings. The molecule has 4 nitrogen and oxygen atoms in total. The minimum Gasteiger partial charge on any atom is -0.369 e. The van der Waals surface area contributed by atoms with Gasteiger partial charge in [-0.2, -0.15) is 5.26 Å². The molecule has 0 saturated heterocycles. The second kappa shape index (κ2) is 10.6. The first kappa shape index (κ1) is 20.8. The van der Waals surface area contributed by atoms with Gasteiger partial charge in [0.15, 0.2) is 0 Å². The Hall–Kier alpha value is -2.48. The van der Waals surface area contributed by atoms with Crippen molar-refractivity contribution >= 4 is 46.6 Å². The molecule has 0 spiro atoms. The highest BCUT2D eigenvalue weighted by atomic mass is 35.5. The summed E-state index contributed by atoms with van der Waals surface area (Å²) in [5, 5.41) is 12.1. The highest BCUT2D eigenvalue weighted by Gasteiger charge is 2.11. The summed E-state index contributed by atoms with van der Waals surface area (Å²) in [6.45, 7) is 3.34. The van der Waals surface area contributed by atoms with Crippen molar-refractivity contribution in [2.75, 3.05) is 35.1 Å². The summed E-state index contributed by atoms with van der Waals surface area (Å²) in [7, 11) is 0. The van der Waals surface area contributed by atoms with E-state index in [1.54, 1.807) is 18.2 Å². The molecule has 1 N–H and O–H groups in total. The molecular weight excluding hydrogens is 381 g/mol. The molecular formula is C21H21Cl2N3O. The molecule has 0 saturated carbocycles. The van der Waals surface area contributed by atoms with Gasteiger partial charge < -0.3 is 10.2 Å². The lowest BCUT2D eigenvalue weighted by Gasteiger charge is -2.23. The Bertz CT molecular complexity index is 838. The van der Waals surface area contributed by atoms with E-state index in [0.717, 1.165) is 16.8 Å². The smallest absolute Gasteiger partial charge is 0.266 e. The first-order valence-corrected chi connectivity index (χ1v) is 9.61. The van der Waals surface area contributed by atoms with Crippen molar-refractivity contribution in [3.8, 4) is 6.07 Å². The van der Waals surface area contributed by atoms with E-state index in [0.29, 0.717) is 30.5 Å². The summed E-state index contributed by atoms with van der Waals surface area (Å²) in [4.78, 5) is 14.5. The average molecular weight is 402 g/mol. The van der Waals surface area contributed by atoms with Crippen LogP contribution in [0.4, 0.5) is 11.4 Å². The summed E-state index contributed by atoms with van der Waals surface area (Å²) in [6, 6.07) is 16.9. The van der Waals surface area contributed by atoms with Crippen LogP contribution in [0.3, 0.4) is 0 Å². The SMILES string of the molecule is Cc1cc(N(CCCl)CCCl)ccc1/C=C(\C#N)C(=O)Nc1ccccc1. The predicted molar refractivity (Wildman–Crippen MR) is 113 cm³/mol. The van der Waals surface area contributed by atoms with Crippen molar-refractivity contribution in [2.24, 2.45) is 0 Å². The van der Waals surface area contributed by atoms with E-state index in [1.165, 1.54) is 0 Å². The van der Waals surface area contributed by atoms with Gasteiger partial charge in [-0.3, -0.25) is 4.79 Å². The number of halogens is 2. The van der Waals surface area contributed by atoms with Gasteiger partial charge in [0.25, 0.3) is 5.91 Å². The number of nitriles is 1. The van der Waals surface area contributed by atoms with E-state index in [4.69, 9.17) is 23.2 Å². The van der Waals surface area contributed by atoms with Crippen molar-refractivity contribution < 1.29 is 4.79 Å². The second-order valence-corrected chi connectivity index (χ2v) is 6.65. The van der Waals surface area contributed by atoms with Gasteiger partial charge in [-0.05, 0) is 48.4 Å². The van der Waals surface area contributed by atoms with E-state index in [1.807, 2.05) is 49.4 Å². The minimum atomic E-state index is -0.432. The largest absolute Gasteiger partial charge is 0.369 e. The van der Waals surface area contributed by atoms with Gasteiger partial charge in [-0.25, -0.2) is 0 Å². The number of carbonyl (C=O) groups excluding carboxylic acids is 1. The van der Waals surface area contributed by atoms with Crippen LogP contribution in [0.1, 0.15) is 11.1 Å². The molecule has 0 heterocycles. The first-order chi connectivity index (χ1) is 13.1. The maximum absolute atomic E-state index is 12.4. The van der Waals surface area contributed by atoms with Crippen molar-refractivity contribution in [3.05, 3.63) is 65.2 Å². The molecule has 6 heteroatoms. The number of nitrogens with zero attached hydrogens (tertiary/aromatic N) is 2. The number of aryl methyl sites for hydroxylation is 1. The third-order valence-electron chi connectivity index (χ3n) is 4.02. The summed E-state index contributed by atoms with van der Waals surface area (Å²) in [5.41, 5.74) is 3.48. The fourth-order valence-electron chi connectivity index (χ4n) is 2.62. The fraction of sp³-hybridized carbons (Fsp3) is 0.238. The van der Waals surface area contributed by atoms with Gasteiger partial charge in [0, 0.05) is 36.2 Å². The van der Waals surface area contributed by atoms with Crippen LogP contribution in [0.5, 0.6) is 0 Å². The Morgan fingerprint density at radius 3 is 2.37 bits per heavy atom. The zero-order valence-corrected chi connectivity index (χ0v) is 16.6. The van der Waals surface area contributed by atoms with Crippen LogP contribution in [0.2, 0.25) is 0 Å². The van der Waals surface area contributed by atoms with Crippen molar-refractivity contribution in [1.82, 2.24) is 0 Å². The third-order valence-corrected chi connectivity index (χ3v) is 4.36. The molecule has 0 radical (unpaired) electrons. The number of alkyl halides is 2. The van der Waals surface area contributed by atoms with Crippen LogP contribution < -0.4 is 10.2 Å². The highest BCUT2D eigenvalue weighted by molar-refractivity contribution is 6.18. The standard InChI is InChI=1S/C21H21Cl2N3O/c1-16-13-20(26(11-9-22)12-10-23)8-7-17(16)14-18(15-24)21(27)25-19-5-3-2-4-6-19/h2-8,13-14H,9-12H2,1H3,(H,25,27)/b18-14+. The van der Waals surface area contributed by atoms with E-state index >= 15 is 0 Å². The van der Waals surface area contributed by atoms with Crippen LogP contribution in [-0.4, -0.2) is 30.8 Å². The first-order valence-electron chi connectivity index (χ1n) is 8.54. The summed E-state index contributed by atoms with van der Waals surface area (Å²) >= 11 is 11.7. The molecule has 140 valence electrons. The Balaban J connectivity index is 2.22. The molecule has 2 aromatic rings. The number of anilines is 2. The molecule has 2 rings (SSSR count). The van der Waals surface area contributed by atoms with Crippen molar-refractivity contribution in [1.29, 1.82) is 5.26 Å². The van der Waals surface area contributed by atoms with Crippen molar-refractivity contribution in [3.63, 3.8) is 0 Å². The third kappa shape index (κ3) is 6.02. The number of nitrogens with one attached hydrogen (secondary N) is 1. The highest BCUT2D eigenvalue weighted by Crippen LogP contribution is 2.22. The van der Waals surface area contributed by atoms with Gasteiger partial charge in [-0.15, -0.1) is 23.2 Å². The van der Waals surface area contributed by atoms with Crippen LogP contribution in [0.15, 0.2) is 54.1 Å². The van der Waals surface area contributed by atoms with Gasteiger partial charge in [0.05, 0.1) is 0 Å². The monoisotopic (exact) mass is 401 g/mol. The number of hydrogen-bond acceptors (Lipinski definition) is 3. The Labute approximate surface area is 170 Å². The average Bonchev–Trinajstić information content (AvgIpc) is 2.67. The number of amides is 1. The van der Waals surface area contributed by atoms with Gasteiger partial charge in [0.2, 0.25) is 0 Å². The van der Waals surface area contributed by atoms with Gasteiger partial charge in [0.1, 0.15) is 11.6 Å². The summed E-state index contributed by atoms with van der Waals surface area (Å²) < 4.78 is 0. The molecule has 0 aromatic heterocycles. The Kier molecular flexibility index (Phi) is 8.19. The van der Waals surface area contributed by atoms with E-state index in [-0.39, 0.29) is 5.57 Å². The zero-order valence-electron chi connectivity index (χ0n) is 15.1. The quantitative estimate of drug-likeness (QED) is 0.391. The van der Waals surface area contributed by atoms with Crippen LogP contribution in [-0.2, 0) is 4.79 Å². The van der Waals surface area contributed by atoms with Gasteiger partial charge in [-0.1, -0.05) is 24.3 Å². The van der Waals surface area contributed by atoms with Crippen LogP contribution in [0.25, 0.3) is 6.08 Å². The summed E-state index contributed by atoms with van der Waals surface area (Å²) in [5.74, 6) is 0.587. The lowest BCUT2D eigenvalue weighted by Crippen LogP contribution is -2.27. The number of para-hydroxylation sites is 1. The van der Waals surface area contributed by atoms with Crippen LogP contribution in [0, 0.1) is 18.3 Å². The number of rotatable bonds is 8. The fourth-order valence-corrected chi connectivity index (χ4v) is 3.02. The molecule has 0 fully saturated rings. The Morgan fingerprint density at radius 1 is 1.15 bits per heavy atom. The van der Waals surface area contributed by atoms with Crippen LogP contribution >= 0.6 is 23.2 Å². The number of hydrogen-bond donors (Lipinski definition) is 1. The maximum Gasteiger partial charge on any atom is 0.266 e. The number of carbonyl (C=O) groups is 1. The second-order valence-electron chi connectivity index (χ2n) is 5.90. The summed E-state index contributed by atoms with van der Waals surface area (Å²) in [6.07, 6.45) is 1.60. The topological polar surface area (TPSA) is 56.1 Å². The van der Waals surface area contributed by atoms with Gasteiger partial charge >= 0.3 is 0 Å². The molecule has 0 aliphatic heterocycles. The zero-order chi connectivity index (χ0) is 19.6. The molecule has 1 amide bonds.